The van der Waals surface area contributed by atoms with Gasteiger partial charge in [0.15, 0.2) is 0 Å². The van der Waals surface area contributed by atoms with E-state index in [-0.39, 0.29) is 4.90 Å². The van der Waals surface area contributed by atoms with Crippen LogP contribution in [0, 0.1) is 6.92 Å². The maximum atomic E-state index is 14.2. The van der Waals surface area contributed by atoms with Crippen LogP contribution in [-0.2, 0) is 19.1 Å². The summed E-state index contributed by atoms with van der Waals surface area (Å²) in [6, 6.07) is 23.8. The van der Waals surface area contributed by atoms with E-state index in [4.69, 9.17) is 4.52 Å². The molecule has 5 nitrogen and oxygen atoms in total. The number of hydrogen-bond acceptors (Lipinski definition) is 4. The first-order chi connectivity index (χ1) is 13.8. The van der Waals surface area contributed by atoms with Crippen LogP contribution in [-0.4, -0.2) is 18.5 Å². The summed E-state index contributed by atoms with van der Waals surface area (Å²) >= 11 is 0. The van der Waals surface area contributed by atoms with Crippen molar-refractivity contribution in [1.82, 2.24) is 4.08 Å². The van der Waals surface area contributed by atoms with Gasteiger partial charge in [0, 0.05) is 0 Å². The van der Waals surface area contributed by atoms with Crippen LogP contribution >= 0.6 is 7.52 Å². The first-order valence-corrected chi connectivity index (χ1v) is 12.4. The molecule has 0 aromatic heterocycles. The molecule has 3 atom stereocenters. The third-order valence-electron chi connectivity index (χ3n) is 5.08. The highest BCUT2D eigenvalue weighted by Gasteiger charge is 2.55. The van der Waals surface area contributed by atoms with Crippen molar-refractivity contribution in [3.05, 3.63) is 96.1 Å². The third kappa shape index (κ3) is 3.47. The predicted octanol–water partition coefficient (Wildman–Crippen LogP) is 4.66. The van der Waals surface area contributed by atoms with Gasteiger partial charge in [-0.25, -0.2) is 8.42 Å². The number of rotatable bonds is 4. The normalized spacial score (nSPS) is 25.2. The molecule has 1 heterocycles. The Morgan fingerprint density at radius 1 is 0.862 bits per heavy atom. The Bertz CT molecular complexity index is 1150. The molecule has 0 bridgehead atoms. The van der Waals surface area contributed by atoms with Crippen LogP contribution in [0.1, 0.15) is 24.2 Å². The lowest BCUT2D eigenvalue weighted by Gasteiger charge is -2.25. The molecule has 0 spiro atoms. The van der Waals surface area contributed by atoms with Crippen molar-refractivity contribution in [3.8, 4) is 0 Å². The second kappa shape index (κ2) is 7.54. The zero-order valence-electron chi connectivity index (χ0n) is 16.2. The largest absolute Gasteiger partial charge is 0.316 e. The predicted molar refractivity (Wildman–Crippen MR) is 114 cm³/mol. The van der Waals surface area contributed by atoms with Crippen molar-refractivity contribution < 1.29 is 17.5 Å². The van der Waals surface area contributed by atoms with Crippen LogP contribution in [0.25, 0.3) is 0 Å². The summed E-state index contributed by atoms with van der Waals surface area (Å²) in [6.45, 7) is 3.63. The quantitative estimate of drug-likeness (QED) is 0.568. The van der Waals surface area contributed by atoms with Crippen LogP contribution in [0.3, 0.4) is 0 Å². The highest BCUT2D eigenvalue weighted by Crippen LogP contribution is 2.64. The van der Waals surface area contributed by atoms with Gasteiger partial charge in [0.05, 0.1) is 16.2 Å². The van der Waals surface area contributed by atoms with Gasteiger partial charge < -0.3 is 4.52 Å². The Labute approximate surface area is 171 Å². The van der Waals surface area contributed by atoms with Gasteiger partial charge in [-0.2, -0.15) is 0 Å². The Hall–Kier alpha value is -2.24. The molecule has 4 rings (SSSR count). The van der Waals surface area contributed by atoms with Gasteiger partial charge in [-0.05, 0) is 43.7 Å². The zero-order chi connectivity index (χ0) is 20.6. The standard InChI is InChI=1S/C22H22NO4PS/c1-17-13-15-21(16-14-17)29(25,26)23-18(2)22(19-9-5-3-6-10-19)27-28(23,24)20-11-7-4-8-12-20/h3-16,18,22H,1-2H3/t18-,22-,28+/m0/s1. The van der Waals surface area contributed by atoms with Gasteiger partial charge in [0.2, 0.25) is 0 Å². The van der Waals surface area contributed by atoms with E-state index in [1.54, 1.807) is 61.5 Å². The fraction of sp³-hybridized carbons (Fsp3) is 0.182. The second-order valence-electron chi connectivity index (χ2n) is 7.12. The maximum absolute atomic E-state index is 14.2. The van der Waals surface area contributed by atoms with Crippen LogP contribution in [0.15, 0.2) is 89.8 Å². The molecule has 150 valence electrons. The Morgan fingerprint density at radius 3 is 2.00 bits per heavy atom. The molecule has 29 heavy (non-hydrogen) atoms. The number of aryl methyl sites for hydroxylation is 1. The zero-order valence-corrected chi connectivity index (χ0v) is 17.9. The first-order valence-electron chi connectivity index (χ1n) is 9.34. The molecular formula is C22H22NO4PS. The third-order valence-corrected chi connectivity index (χ3v) is 10.4. The van der Waals surface area contributed by atoms with Crippen molar-refractivity contribution in [1.29, 1.82) is 0 Å². The van der Waals surface area contributed by atoms with Gasteiger partial charge in [-0.1, -0.05) is 66.2 Å². The average molecular weight is 427 g/mol. The van der Waals surface area contributed by atoms with Gasteiger partial charge in [0.25, 0.3) is 10.0 Å². The van der Waals surface area contributed by atoms with Crippen LogP contribution in [0.4, 0.5) is 0 Å². The summed E-state index contributed by atoms with van der Waals surface area (Å²) in [6.07, 6.45) is -0.637. The molecule has 3 aromatic carbocycles. The molecule has 7 heteroatoms. The molecule has 0 aliphatic carbocycles. The van der Waals surface area contributed by atoms with Gasteiger partial charge in [0.1, 0.15) is 6.10 Å². The molecule has 0 saturated carbocycles. The van der Waals surface area contributed by atoms with E-state index in [1.165, 1.54) is 0 Å². The second-order valence-corrected chi connectivity index (χ2v) is 11.4. The molecule has 1 saturated heterocycles. The first kappa shape index (κ1) is 20.0. The van der Waals surface area contributed by atoms with E-state index in [0.29, 0.717) is 5.30 Å². The Balaban J connectivity index is 1.88. The summed E-state index contributed by atoms with van der Waals surface area (Å²) in [4.78, 5) is 0.100. The Kier molecular flexibility index (Phi) is 5.21. The molecule has 0 unspecified atom stereocenters. The maximum Gasteiger partial charge on any atom is 0.316 e. The van der Waals surface area contributed by atoms with Crippen molar-refractivity contribution in [3.63, 3.8) is 0 Å². The van der Waals surface area contributed by atoms with Crippen molar-refractivity contribution in [2.75, 3.05) is 0 Å². The molecule has 1 aliphatic heterocycles. The van der Waals surface area contributed by atoms with E-state index in [2.05, 4.69) is 0 Å². The molecule has 0 amide bonds. The average Bonchev–Trinajstić information content (AvgIpc) is 3.02. The Morgan fingerprint density at radius 2 is 1.41 bits per heavy atom. The molecule has 1 fully saturated rings. The van der Waals surface area contributed by atoms with Crippen molar-refractivity contribution in [2.45, 2.75) is 30.9 Å². The van der Waals surface area contributed by atoms with E-state index in [0.717, 1.165) is 15.2 Å². The summed E-state index contributed by atoms with van der Waals surface area (Å²) in [7, 11) is -7.92. The van der Waals surface area contributed by atoms with Gasteiger partial charge in [-0.3, -0.25) is 4.57 Å². The number of benzene rings is 3. The fourth-order valence-electron chi connectivity index (χ4n) is 3.60. The summed E-state index contributed by atoms with van der Waals surface area (Å²) in [5.74, 6) is 0. The van der Waals surface area contributed by atoms with E-state index in [9.17, 15) is 13.0 Å². The van der Waals surface area contributed by atoms with Gasteiger partial charge >= 0.3 is 7.52 Å². The van der Waals surface area contributed by atoms with Crippen molar-refractivity contribution >= 4 is 22.8 Å². The fourth-order valence-corrected chi connectivity index (χ4v) is 8.85. The summed E-state index contributed by atoms with van der Waals surface area (Å²) in [5.41, 5.74) is 1.74. The minimum Gasteiger partial charge on any atom is -0.304 e. The topological polar surface area (TPSA) is 63.7 Å². The highest BCUT2D eigenvalue weighted by molar-refractivity contribution is 7.96. The molecule has 3 aromatic rings. The smallest absolute Gasteiger partial charge is 0.304 e. The number of nitrogens with zero attached hydrogens (tertiary/aromatic N) is 1. The minimum absolute atomic E-state index is 0.100. The van der Waals surface area contributed by atoms with Gasteiger partial charge in [-0.15, -0.1) is 4.08 Å². The lowest BCUT2D eigenvalue weighted by molar-refractivity contribution is 0.218. The SMILES string of the molecule is Cc1ccc(S(=O)(=O)N2[C@@H](C)[C@@H](c3ccccc3)O[P@]2(=O)c2ccccc2)cc1. The summed E-state index contributed by atoms with van der Waals surface area (Å²) < 4.78 is 48.5. The van der Waals surface area contributed by atoms with E-state index >= 15 is 0 Å². The molecule has 0 N–H and O–H groups in total. The molecule has 0 radical (unpaired) electrons. The van der Waals surface area contributed by atoms with Crippen LogP contribution in [0.2, 0.25) is 0 Å². The van der Waals surface area contributed by atoms with Crippen LogP contribution in [0.5, 0.6) is 0 Å². The lowest BCUT2D eigenvalue weighted by Crippen LogP contribution is -2.35. The molecular weight excluding hydrogens is 405 g/mol. The van der Waals surface area contributed by atoms with E-state index in [1.807, 2.05) is 37.3 Å². The van der Waals surface area contributed by atoms with E-state index < -0.39 is 29.7 Å². The summed E-state index contributed by atoms with van der Waals surface area (Å²) in [5, 5.41) is 0.362. The number of hydrogen-bond donors (Lipinski definition) is 0. The minimum atomic E-state index is -4.06. The molecule has 1 aliphatic rings. The van der Waals surface area contributed by atoms with Crippen LogP contribution < -0.4 is 5.30 Å². The highest BCUT2D eigenvalue weighted by atomic mass is 32.2. The lowest BCUT2D eigenvalue weighted by atomic mass is 10.0. The number of sulfonamides is 1. The monoisotopic (exact) mass is 427 g/mol. The van der Waals surface area contributed by atoms with Crippen molar-refractivity contribution in [2.24, 2.45) is 0 Å².